The Labute approximate surface area is 103 Å². The minimum atomic E-state index is -0.251. The van der Waals surface area contributed by atoms with Crippen LogP contribution in [0.2, 0.25) is 0 Å². The first kappa shape index (κ1) is 12.2. The third-order valence-electron chi connectivity index (χ3n) is 2.34. The molecule has 0 aliphatic rings. The molecule has 0 spiro atoms. The van der Waals surface area contributed by atoms with E-state index in [0.717, 1.165) is 12.8 Å². The van der Waals surface area contributed by atoms with Gasteiger partial charge in [-0.3, -0.25) is 4.79 Å². The normalized spacial score (nSPS) is 10.6. The maximum atomic E-state index is 11.9. The molecule has 96 valence electrons. The second-order valence-electron chi connectivity index (χ2n) is 3.87. The first-order valence-electron chi connectivity index (χ1n) is 5.63. The van der Waals surface area contributed by atoms with Crippen molar-refractivity contribution in [3.8, 4) is 0 Å². The molecule has 18 heavy (non-hydrogen) atoms. The van der Waals surface area contributed by atoms with Gasteiger partial charge in [-0.25, -0.2) is 0 Å². The van der Waals surface area contributed by atoms with Crippen molar-refractivity contribution in [2.75, 3.05) is 7.05 Å². The van der Waals surface area contributed by atoms with Crippen LogP contribution < -0.4 is 0 Å². The number of hydrogen-bond acceptors (Lipinski definition) is 6. The van der Waals surface area contributed by atoms with Gasteiger partial charge >= 0.3 is 0 Å². The molecule has 1 amide bonds. The first-order valence-corrected chi connectivity index (χ1v) is 5.63. The van der Waals surface area contributed by atoms with Crippen molar-refractivity contribution in [2.24, 2.45) is 0 Å². The Balaban J connectivity index is 1.98. The minimum Gasteiger partial charge on any atom is -0.337 e. The van der Waals surface area contributed by atoms with Gasteiger partial charge in [0.2, 0.25) is 5.89 Å². The van der Waals surface area contributed by atoms with Gasteiger partial charge in [-0.2, -0.15) is 20.4 Å². The maximum absolute atomic E-state index is 11.9. The number of hydrogen-bond donors (Lipinski definition) is 1. The van der Waals surface area contributed by atoms with Gasteiger partial charge in [0.15, 0.2) is 11.5 Å². The molecule has 1 N–H and O–H groups in total. The summed E-state index contributed by atoms with van der Waals surface area (Å²) in [6.07, 6.45) is 3.09. The van der Waals surface area contributed by atoms with Crippen LogP contribution in [0, 0.1) is 0 Å². The molecule has 0 radical (unpaired) electrons. The topological polar surface area (TPSA) is 101 Å². The number of aryl methyl sites for hydroxylation is 1. The van der Waals surface area contributed by atoms with Gasteiger partial charge in [-0.1, -0.05) is 12.1 Å². The lowest BCUT2D eigenvalue weighted by Gasteiger charge is -2.12. The average Bonchev–Trinajstić information content (AvgIpc) is 3.00. The Kier molecular flexibility index (Phi) is 3.66. The predicted octanol–water partition coefficient (Wildman–Crippen LogP) is 0.412. The lowest BCUT2D eigenvalue weighted by atomic mass is 10.3. The van der Waals surface area contributed by atoms with Gasteiger partial charge in [-0.05, 0) is 6.42 Å². The number of carbonyl (C=O) groups is 1. The zero-order valence-corrected chi connectivity index (χ0v) is 10.3. The van der Waals surface area contributed by atoms with E-state index >= 15 is 0 Å². The molecule has 2 rings (SSSR count). The van der Waals surface area contributed by atoms with Crippen molar-refractivity contribution in [3.05, 3.63) is 23.6 Å². The van der Waals surface area contributed by atoms with Crippen LogP contribution in [0.5, 0.6) is 0 Å². The summed E-state index contributed by atoms with van der Waals surface area (Å²) in [5, 5.41) is 13.5. The van der Waals surface area contributed by atoms with Gasteiger partial charge in [0.25, 0.3) is 5.91 Å². The van der Waals surface area contributed by atoms with Gasteiger partial charge in [0, 0.05) is 13.5 Å². The highest BCUT2D eigenvalue weighted by molar-refractivity contribution is 5.91. The molecular formula is C10H14N6O2. The summed E-state index contributed by atoms with van der Waals surface area (Å²) in [4.78, 5) is 17.5. The van der Waals surface area contributed by atoms with Crippen molar-refractivity contribution < 1.29 is 9.32 Å². The Morgan fingerprint density at radius 3 is 3.06 bits per heavy atom. The highest BCUT2D eigenvalue weighted by Gasteiger charge is 2.17. The molecule has 0 unspecified atom stereocenters. The van der Waals surface area contributed by atoms with Gasteiger partial charge < -0.3 is 9.42 Å². The molecule has 2 heterocycles. The molecule has 0 atom stereocenters. The predicted molar refractivity (Wildman–Crippen MR) is 60.5 cm³/mol. The zero-order chi connectivity index (χ0) is 13.0. The smallest absolute Gasteiger partial charge is 0.276 e. The fourth-order valence-electron chi connectivity index (χ4n) is 1.45. The van der Waals surface area contributed by atoms with E-state index in [1.165, 1.54) is 11.1 Å². The van der Waals surface area contributed by atoms with Crippen LogP contribution in [-0.4, -0.2) is 43.4 Å². The van der Waals surface area contributed by atoms with Crippen LogP contribution in [0.4, 0.5) is 0 Å². The number of carbonyl (C=O) groups excluding carboxylic acids is 1. The molecule has 0 bridgehead atoms. The van der Waals surface area contributed by atoms with Crippen molar-refractivity contribution in [1.29, 1.82) is 0 Å². The van der Waals surface area contributed by atoms with Crippen LogP contribution in [0.25, 0.3) is 0 Å². The quantitative estimate of drug-likeness (QED) is 0.824. The molecule has 2 aromatic heterocycles. The summed E-state index contributed by atoms with van der Waals surface area (Å²) in [5.41, 5.74) is 0.255. The first-order chi connectivity index (χ1) is 8.70. The van der Waals surface area contributed by atoms with E-state index in [1.54, 1.807) is 7.05 Å². The maximum Gasteiger partial charge on any atom is 0.276 e. The molecular weight excluding hydrogens is 236 g/mol. The lowest BCUT2D eigenvalue weighted by Crippen LogP contribution is -2.26. The Bertz CT molecular complexity index is 506. The third-order valence-corrected chi connectivity index (χ3v) is 2.34. The highest BCUT2D eigenvalue weighted by Crippen LogP contribution is 2.05. The second-order valence-corrected chi connectivity index (χ2v) is 3.87. The summed E-state index contributed by atoms with van der Waals surface area (Å²) in [6.45, 7) is 2.29. The van der Waals surface area contributed by atoms with Crippen molar-refractivity contribution in [2.45, 2.75) is 26.3 Å². The molecule has 0 aliphatic heterocycles. The Morgan fingerprint density at radius 1 is 1.56 bits per heavy atom. The summed E-state index contributed by atoms with van der Waals surface area (Å²) >= 11 is 0. The Hall–Kier alpha value is -2.25. The number of H-pyrrole nitrogens is 1. The van der Waals surface area contributed by atoms with E-state index < -0.39 is 0 Å². The van der Waals surface area contributed by atoms with Crippen LogP contribution in [0.3, 0.4) is 0 Å². The SMILES string of the molecule is CCCc1noc(CN(C)C(=O)c2cn[nH]n2)n1. The van der Waals surface area contributed by atoms with Crippen molar-refractivity contribution in [1.82, 2.24) is 30.5 Å². The number of aromatic amines is 1. The van der Waals surface area contributed by atoms with Gasteiger partial charge in [0.1, 0.15) is 6.54 Å². The summed E-state index contributed by atoms with van der Waals surface area (Å²) in [5.74, 6) is 0.826. The van der Waals surface area contributed by atoms with E-state index in [2.05, 4.69) is 25.6 Å². The number of nitrogens with one attached hydrogen (secondary N) is 1. The molecule has 2 aromatic rings. The Morgan fingerprint density at radius 2 is 2.39 bits per heavy atom. The van der Waals surface area contributed by atoms with Crippen LogP contribution in [0.15, 0.2) is 10.7 Å². The molecule has 8 heteroatoms. The monoisotopic (exact) mass is 250 g/mol. The lowest BCUT2D eigenvalue weighted by molar-refractivity contribution is 0.0763. The summed E-state index contributed by atoms with van der Waals surface area (Å²) < 4.78 is 5.06. The molecule has 0 fully saturated rings. The molecule has 0 saturated carbocycles. The van der Waals surface area contributed by atoms with E-state index in [0.29, 0.717) is 11.7 Å². The van der Waals surface area contributed by atoms with E-state index in [4.69, 9.17) is 4.52 Å². The fourth-order valence-corrected chi connectivity index (χ4v) is 1.45. The largest absolute Gasteiger partial charge is 0.337 e. The van der Waals surface area contributed by atoms with Crippen LogP contribution in [0.1, 0.15) is 35.5 Å². The van der Waals surface area contributed by atoms with E-state index in [9.17, 15) is 4.79 Å². The van der Waals surface area contributed by atoms with E-state index in [-0.39, 0.29) is 18.1 Å². The number of aromatic nitrogens is 5. The van der Waals surface area contributed by atoms with Crippen LogP contribution >= 0.6 is 0 Å². The molecule has 0 aliphatic carbocycles. The van der Waals surface area contributed by atoms with E-state index in [1.807, 2.05) is 6.92 Å². The highest BCUT2D eigenvalue weighted by atomic mass is 16.5. The molecule has 0 saturated heterocycles. The van der Waals surface area contributed by atoms with Crippen LogP contribution in [-0.2, 0) is 13.0 Å². The van der Waals surface area contributed by atoms with Gasteiger partial charge in [-0.15, -0.1) is 0 Å². The number of rotatable bonds is 5. The average molecular weight is 250 g/mol. The number of nitrogens with zero attached hydrogens (tertiary/aromatic N) is 5. The summed E-state index contributed by atoms with van der Waals surface area (Å²) in [7, 11) is 1.64. The third kappa shape index (κ3) is 2.70. The standard InChI is InChI=1S/C10H14N6O2/c1-3-4-8-12-9(18-14-8)6-16(2)10(17)7-5-11-15-13-7/h5H,3-4,6H2,1-2H3,(H,11,13,15). The minimum absolute atomic E-state index is 0.251. The number of amides is 1. The van der Waals surface area contributed by atoms with Crippen molar-refractivity contribution >= 4 is 5.91 Å². The second kappa shape index (κ2) is 5.39. The molecule has 0 aromatic carbocycles. The summed E-state index contributed by atoms with van der Waals surface area (Å²) in [6, 6.07) is 0. The van der Waals surface area contributed by atoms with Crippen molar-refractivity contribution in [3.63, 3.8) is 0 Å². The fraction of sp³-hybridized carbons (Fsp3) is 0.500. The zero-order valence-electron chi connectivity index (χ0n) is 10.3. The molecule has 8 nitrogen and oxygen atoms in total. The van der Waals surface area contributed by atoms with Gasteiger partial charge in [0.05, 0.1) is 6.20 Å².